The summed E-state index contributed by atoms with van der Waals surface area (Å²) in [6, 6.07) is 5.43. The van der Waals surface area contributed by atoms with Crippen LogP contribution in [-0.4, -0.2) is 23.3 Å². The smallest absolute Gasteiger partial charge is 0.444 e. The predicted molar refractivity (Wildman–Crippen MR) is 83.8 cm³/mol. The van der Waals surface area contributed by atoms with E-state index in [2.05, 4.69) is 4.98 Å². The van der Waals surface area contributed by atoms with Crippen molar-refractivity contribution < 1.29 is 13.7 Å². The maximum absolute atomic E-state index is 8.83. The van der Waals surface area contributed by atoms with Gasteiger partial charge in [0, 0.05) is 12.3 Å². The highest BCUT2D eigenvalue weighted by Gasteiger charge is 2.49. The van der Waals surface area contributed by atoms with Gasteiger partial charge in [-0.25, -0.2) is 0 Å². The Hall–Kier alpha value is -2.10. The summed E-state index contributed by atoms with van der Waals surface area (Å²) < 4.78 is 17.2. The summed E-state index contributed by atoms with van der Waals surface area (Å²) in [6.07, 6.45) is 3.60. The zero-order chi connectivity index (χ0) is 16.0. The number of aromatic nitrogens is 1. The van der Waals surface area contributed by atoms with Gasteiger partial charge in [-0.1, -0.05) is 12.1 Å². The SMILES string of the molecule is CC1(C)OB(/C=C/c2cnc3cc(C#N)oc3c2)OC1(C)C. The molecule has 22 heavy (non-hydrogen) atoms. The lowest BCUT2D eigenvalue weighted by Crippen LogP contribution is -2.41. The Bertz CT molecular complexity index is 770. The fraction of sp³-hybridized carbons (Fsp3) is 0.375. The number of rotatable bonds is 2. The van der Waals surface area contributed by atoms with E-state index in [1.54, 1.807) is 12.3 Å². The monoisotopic (exact) mass is 296 g/mol. The molecule has 0 bridgehead atoms. The first-order chi connectivity index (χ1) is 10.3. The van der Waals surface area contributed by atoms with E-state index in [1.165, 1.54) is 0 Å². The van der Waals surface area contributed by atoms with Gasteiger partial charge >= 0.3 is 7.12 Å². The highest BCUT2D eigenvalue weighted by Crippen LogP contribution is 2.37. The Morgan fingerprint density at radius 2 is 1.86 bits per heavy atom. The van der Waals surface area contributed by atoms with Crippen molar-refractivity contribution in [2.24, 2.45) is 0 Å². The van der Waals surface area contributed by atoms with Crippen LogP contribution in [0.5, 0.6) is 0 Å². The third-order valence-corrected chi connectivity index (χ3v) is 4.22. The fourth-order valence-corrected chi connectivity index (χ4v) is 2.24. The summed E-state index contributed by atoms with van der Waals surface area (Å²) in [6.45, 7) is 8.06. The standard InChI is InChI=1S/C16H17BN2O3/c1-15(2)16(3,4)22-17(21-15)6-5-11-7-14-13(19-10-11)8-12(9-18)20-14/h5-8,10H,1-4H3/b6-5+. The highest BCUT2D eigenvalue weighted by molar-refractivity contribution is 6.52. The summed E-state index contributed by atoms with van der Waals surface area (Å²) >= 11 is 0. The Balaban J connectivity index is 1.80. The van der Waals surface area contributed by atoms with E-state index in [-0.39, 0.29) is 17.0 Å². The first-order valence-electron chi connectivity index (χ1n) is 7.14. The normalized spacial score (nSPS) is 19.9. The average Bonchev–Trinajstić information content (AvgIpc) is 2.94. The van der Waals surface area contributed by atoms with Gasteiger partial charge in [0.15, 0.2) is 5.58 Å². The molecule has 0 saturated carbocycles. The van der Waals surface area contributed by atoms with Crippen molar-refractivity contribution in [1.29, 1.82) is 5.26 Å². The molecule has 0 unspecified atom stereocenters. The molecule has 0 aromatic carbocycles. The minimum absolute atomic E-state index is 0.259. The van der Waals surface area contributed by atoms with Crippen molar-refractivity contribution in [3.05, 3.63) is 35.6 Å². The van der Waals surface area contributed by atoms with Gasteiger partial charge < -0.3 is 13.7 Å². The number of nitriles is 1. The van der Waals surface area contributed by atoms with Crippen LogP contribution in [0.3, 0.4) is 0 Å². The van der Waals surface area contributed by atoms with E-state index in [0.717, 1.165) is 5.56 Å². The Kier molecular flexibility index (Phi) is 3.35. The quantitative estimate of drug-likeness (QED) is 0.795. The van der Waals surface area contributed by atoms with Crippen LogP contribution in [0.25, 0.3) is 17.2 Å². The van der Waals surface area contributed by atoms with Crippen LogP contribution >= 0.6 is 0 Å². The third kappa shape index (κ3) is 2.54. The number of nitrogens with zero attached hydrogens (tertiary/aromatic N) is 2. The molecule has 0 aliphatic carbocycles. The van der Waals surface area contributed by atoms with Gasteiger partial charge in [0.05, 0.1) is 11.2 Å². The van der Waals surface area contributed by atoms with Gasteiger partial charge in [-0.05, 0) is 39.3 Å². The molecular formula is C16H17BN2O3. The van der Waals surface area contributed by atoms with Crippen molar-refractivity contribution >= 4 is 24.3 Å². The van der Waals surface area contributed by atoms with E-state index in [1.807, 2.05) is 51.9 Å². The molecule has 0 N–H and O–H groups in total. The zero-order valence-electron chi connectivity index (χ0n) is 13.1. The van der Waals surface area contributed by atoms with Crippen LogP contribution in [0.1, 0.15) is 39.0 Å². The van der Waals surface area contributed by atoms with E-state index in [9.17, 15) is 0 Å². The minimum atomic E-state index is -0.396. The topological polar surface area (TPSA) is 68.3 Å². The molecular weight excluding hydrogens is 279 g/mol. The molecule has 0 spiro atoms. The molecule has 1 saturated heterocycles. The third-order valence-electron chi connectivity index (χ3n) is 4.22. The zero-order valence-corrected chi connectivity index (χ0v) is 13.1. The second kappa shape index (κ2) is 4.97. The van der Waals surface area contributed by atoms with Crippen LogP contribution in [0.4, 0.5) is 0 Å². The average molecular weight is 296 g/mol. The molecule has 3 rings (SSSR count). The molecule has 2 aromatic rings. The molecule has 5 nitrogen and oxygen atoms in total. The van der Waals surface area contributed by atoms with Gasteiger partial charge in [-0.2, -0.15) is 5.26 Å². The molecule has 0 amide bonds. The van der Waals surface area contributed by atoms with Gasteiger partial charge in [-0.15, -0.1) is 0 Å². The Labute approximate surface area is 129 Å². The summed E-state index contributed by atoms with van der Waals surface area (Å²) in [5.41, 5.74) is 1.41. The van der Waals surface area contributed by atoms with Crippen LogP contribution in [-0.2, 0) is 9.31 Å². The summed E-state index contributed by atoms with van der Waals surface area (Å²) in [5, 5.41) is 8.83. The first-order valence-corrected chi connectivity index (χ1v) is 7.14. The predicted octanol–water partition coefficient (Wildman–Crippen LogP) is 3.34. The fourth-order valence-electron chi connectivity index (χ4n) is 2.24. The van der Waals surface area contributed by atoms with Crippen molar-refractivity contribution in [2.75, 3.05) is 0 Å². The second-order valence-corrected chi connectivity index (χ2v) is 6.36. The minimum Gasteiger partial charge on any atom is -0.444 e. The van der Waals surface area contributed by atoms with Crippen LogP contribution < -0.4 is 0 Å². The van der Waals surface area contributed by atoms with Crippen molar-refractivity contribution in [3.8, 4) is 6.07 Å². The van der Waals surface area contributed by atoms with E-state index in [0.29, 0.717) is 11.1 Å². The van der Waals surface area contributed by atoms with Gasteiger partial charge in [0.2, 0.25) is 5.76 Å². The number of fused-ring (bicyclic) bond motifs is 1. The maximum Gasteiger partial charge on any atom is 0.487 e. The molecule has 0 atom stereocenters. The number of pyridine rings is 1. The molecule has 112 valence electrons. The summed E-state index contributed by atoms with van der Waals surface area (Å²) in [7, 11) is -0.396. The lowest BCUT2D eigenvalue weighted by molar-refractivity contribution is 0.00578. The number of furan rings is 1. The van der Waals surface area contributed by atoms with Crippen molar-refractivity contribution in [1.82, 2.24) is 4.98 Å². The Morgan fingerprint density at radius 3 is 2.50 bits per heavy atom. The van der Waals surface area contributed by atoms with Crippen LogP contribution in [0.15, 0.2) is 28.7 Å². The summed E-state index contributed by atoms with van der Waals surface area (Å²) in [4.78, 5) is 4.27. The lowest BCUT2D eigenvalue weighted by atomic mass is 9.89. The molecule has 6 heteroatoms. The maximum atomic E-state index is 8.83. The van der Waals surface area contributed by atoms with Crippen LogP contribution in [0.2, 0.25) is 0 Å². The van der Waals surface area contributed by atoms with Gasteiger partial charge in [0.1, 0.15) is 11.6 Å². The largest absolute Gasteiger partial charge is 0.487 e. The van der Waals surface area contributed by atoms with Gasteiger partial charge in [-0.3, -0.25) is 4.98 Å². The molecule has 2 aromatic heterocycles. The van der Waals surface area contributed by atoms with E-state index in [4.69, 9.17) is 19.0 Å². The lowest BCUT2D eigenvalue weighted by Gasteiger charge is -2.32. The molecule has 1 aliphatic rings. The van der Waals surface area contributed by atoms with Crippen molar-refractivity contribution in [2.45, 2.75) is 38.9 Å². The molecule has 1 aliphatic heterocycles. The number of hydrogen-bond acceptors (Lipinski definition) is 5. The van der Waals surface area contributed by atoms with Crippen LogP contribution in [0, 0.1) is 11.3 Å². The number of hydrogen-bond donors (Lipinski definition) is 0. The van der Waals surface area contributed by atoms with E-state index < -0.39 is 7.12 Å². The molecule has 0 radical (unpaired) electrons. The van der Waals surface area contributed by atoms with Crippen molar-refractivity contribution in [3.63, 3.8) is 0 Å². The first kappa shape index (κ1) is 14.8. The molecule has 1 fully saturated rings. The Morgan fingerprint density at radius 1 is 1.18 bits per heavy atom. The molecule has 3 heterocycles. The van der Waals surface area contributed by atoms with E-state index >= 15 is 0 Å². The highest BCUT2D eigenvalue weighted by atomic mass is 16.7. The summed E-state index contributed by atoms with van der Waals surface area (Å²) in [5.74, 6) is 2.11. The second-order valence-electron chi connectivity index (χ2n) is 6.36. The van der Waals surface area contributed by atoms with Gasteiger partial charge in [0.25, 0.3) is 0 Å².